The number of anilines is 1. The summed E-state index contributed by atoms with van der Waals surface area (Å²) in [5.41, 5.74) is 15.2. The number of rotatable bonds is 5. The van der Waals surface area contributed by atoms with Crippen molar-refractivity contribution in [1.29, 1.82) is 5.26 Å². The Kier molecular flexibility index (Phi) is 7.74. The van der Waals surface area contributed by atoms with Gasteiger partial charge >= 0.3 is 0 Å². The number of nitrogens with zero attached hydrogens (tertiary/aromatic N) is 2. The minimum absolute atomic E-state index is 0.0921. The fourth-order valence-corrected chi connectivity index (χ4v) is 7.32. The molecule has 0 saturated heterocycles. The molecule has 204 valence electrons. The predicted octanol–water partition coefficient (Wildman–Crippen LogP) is 8.61. The quantitative estimate of drug-likeness (QED) is 0.292. The fourth-order valence-electron chi connectivity index (χ4n) is 5.96. The second-order valence-corrected chi connectivity index (χ2v) is 13.6. The molecule has 0 amide bonds. The van der Waals surface area contributed by atoms with Gasteiger partial charge in [-0.05, 0) is 90.8 Å². The summed E-state index contributed by atoms with van der Waals surface area (Å²) >= 11 is 5.33. The molecular formula is C34H34BrN3OS. The van der Waals surface area contributed by atoms with Crippen LogP contribution in [0, 0.1) is 37.5 Å². The molecule has 2 aliphatic rings. The summed E-state index contributed by atoms with van der Waals surface area (Å²) in [5.74, 6) is 0.803. The van der Waals surface area contributed by atoms with Crippen molar-refractivity contribution in [2.75, 3.05) is 4.90 Å². The monoisotopic (exact) mass is 611 g/mol. The molecule has 0 radical (unpaired) electrons. The number of allylic oxidation sites excluding steroid dienone is 3. The van der Waals surface area contributed by atoms with Crippen molar-refractivity contribution < 1.29 is 4.79 Å². The van der Waals surface area contributed by atoms with E-state index in [1.807, 2.05) is 40.9 Å². The lowest BCUT2D eigenvalue weighted by Crippen LogP contribution is -2.42. The van der Waals surface area contributed by atoms with Crippen LogP contribution in [0.1, 0.15) is 60.4 Å². The van der Waals surface area contributed by atoms with Crippen LogP contribution in [0.25, 0.3) is 0 Å². The van der Waals surface area contributed by atoms with Crippen LogP contribution < -0.4 is 10.6 Å². The van der Waals surface area contributed by atoms with Crippen LogP contribution in [0.5, 0.6) is 0 Å². The van der Waals surface area contributed by atoms with Crippen molar-refractivity contribution in [2.24, 2.45) is 11.1 Å². The summed E-state index contributed by atoms with van der Waals surface area (Å²) in [6, 6.07) is 23.1. The standard InChI is InChI=1S/C34H34BrN3OS/c1-20-8-6-7-9-30(20)40-19-23-15-26(22(3)14-21(23)2)31-27(18-36)33(37)38(25-12-10-24(35)11-13-25)28-16-34(4,5)17-29(39)32(28)31/h6-15,31H,16-17,19,37H2,1-5H3. The van der Waals surface area contributed by atoms with Gasteiger partial charge in [0.15, 0.2) is 5.78 Å². The van der Waals surface area contributed by atoms with Gasteiger partial charge in [-0.25, -0.2) is 0 Å². The fraction of sp³-hybridized carbons (Fsp3) is 0.294. The highest BCUT2D eigenvalue weighted by molar-refractivity contribution is 9.10. The van der Waals surface area contributed by atoms with Crippen LogP contribution >= 0.6 is 27.7 Å². The van der Waals surface area contributed by atoms with Gasteiger partial charge in [0.2, 0.25) is 0 Å². The molecule has 0 aromatic heterocycles. The maximum absolute atomic E-state index is 14.0. The molecule has 1 aliphatic carbocycles. The van der Waals surface area contributed by atoms with Crippen molar-refractivity contribution in [2.45, 2.75) is 64.0 Å². The molecule has 0 fully saturated rings. The zero-order chi connectivity index (χ0) is 28.8. The average Bonchev–Trinajstić information content (AvgIpc) is 2.89. The van der Waals surface area contributed by atoms with Gasteiger partial charge in [0.05, 0.1) is 17.6 Å². The molecule has 1 unspecified atom stereocenters. The maximum Gasteiger partial charge on any atom is 0.162 e. The van der Waals surface area contributed by atoms with Gasteiger partial charge in [0, 0.05) is 38.5 Å². The lowest BCUT2D eigenvalue weighted by molar-refractivity contribution is -0.118. The van der Waals surface area contributed by atoms with Gasteiger partial charge in [0.25, 0.3) is 0 Å². The highest BCUT2D eigenvalue weighted by Gasteiger charge is 2.45. The van der Waals surface area contributed by atoms with E-state index < -0.39 is 5.92 Å². The summed E-state index contributed by atoms with van der Waals surface area (Å²) in [5, 5.41) is 10.5. The Morgan fingerprint density at radius 1 is 1.02 bits per heavy atom. The summed E-state index contributed by atoms with van der Waals surface area (Å²) in [6.45, 7) is 10.6. The normalized spacial score (nSPS) is 18.6. The summed E-state index contributed by atoms with van der Waals surface area (Å²) in [4.78, 5) is 17.2. The number of ketones is 1. The number of carbonyl (C=O) groups excluding carboxylic acids is 1. The molecule has 6 heteroatoms. The maximum atomic E-state index is 14.0. The molecule has 0 saturated carbocycles. The van der Waals surface area contributed by atoms with Gasteiger partial charge in [-0.2, -0.15) is 5.26 Å². The highest BCUT2D eigenvalue weighted by Crippen LogP contribution is 2.51. The van der Waals surface area contributed by atoms with Crippen LogP contribution in [-0.2, 0) is 10.5 Å². The molecule has 0 bridgehead atoms. The molecule has 5 rings (SSSR count). The van der Waals surface area contributed by atoms with Gasteiger partial charge in [-0.15, -0.1) is 11.8 Å². The first-order valence-corrected chi connectivity index (χ1v) is 15.3. The second kappa shape index (κ2) is 11.0. The molecule has 3 aromatic rings. The number of nitrogens with two attached hydrogens (primary N) is 1. The zero-order valence-electron chi connectivity index (χ0n) is 23.6. The van der Waals surface area contributed by atoms with E-state index in [1.165, 1.54) is 21.6 Å². The molecule has 2 N–H and O–H groups in total. The molecular weight excluding hydrogens is 578 g/mol. The molecule has 1 heterocycles. The number of carbonyl (C=O) groups is 1. The minimum Gasteiger partial charge on any atom is -0.384 e. The minimum atomic E-state index is -0.488. The first kappa shape index (κ1) is 28.3. The first-order chi connectivity index (χ1) is 19.0. The third-order valence-corrected chi connectivity index (χ3v) is 9.73. The van der Waals surface area contributed by atoms with E-state index in [2.05, 4.69) is 93.0 Å². The van der Waals surface area contributed by atoms with Crippen molar-refractivity contribution in [3.8, 4) is 6.07 Å². The van der Waals surface area contributed by atoms with E-state index in [0.717, 1.165) is 32.7 Å². The van der Waals surface area contributed by atoms with Crippen LogP contribution in [0.4, 0.5) is 5.69 Å². The van der Waals surface area contributed by atoms with Gasteiger partial charge in [0.1, 0.15) is 5.82 Å². The average molecular weight is 613 g/mol. The van der Waals surface area contributed by atoms with E-state index in [9.17, 15) is 10.1 Å². The third-order valence-electron chi connectivity index (χ3n) is 7.98. The van der Waals surface area contributed by atoms with Crippen LogP contribution in [0.3, 0.4) is 0 Å². The Morgan fingerprint density at radius 2 is 1.73 bits per heavy atom. The number of Topliss-reactive ketones (excluding diaryl/α,β-unsaturated/α-hetero) is 1. The van der Waals surface area contributed by atoms with E-state index in [-0.39, 0.29) is 11.2 Å². The third kappa shape index (κ3) is 5.25. The van der Waals surface area contributed by atoms with Crippen molar-refractivity contribution in [3.05, 3.63) is 116 Å². The molecule has 3 aromatic carbocycles. The van der Waals surface area contributed by atoms with Crippen molar-refractivity contribution >= 4 is 39.2 Å². The number of hydrogen-bond donors (Lipinski definition) is 1. The first-order valence-electron chi connectivity index (χ1n) is 13.5. The summed E-state index contributed by atoms with van der Waals surface area (Å²) < 4.78 is 0.954. The van der Waals surface area contributed by atoms with Gasteiger partial charge in [-0.3, -0.25) is 9.69 Å². The number of thioether (sulfide) groups is 1. The smallest absolute Gasteiger partial charge is 0.162 e. The summed E-state index contributed by atoms with van der Waals surface area (Å²) in [7, 11) is 0. The molecule has 1 aliphatic heterocycles. The number of benzene rings is 3. The van der Waals surface area contributed by atoms with Crippen LogP contribution in [0.15, 0.2) is 92.7 Å². The van der Waals surface area contributed by atoms with E-state index in [4.69, 9.17) is 5.73 Å². The highest BCUT2D eigenvalue weighted by atomic mass is 79.9. The Bertz CT molecular complexity index is 1610. The van der Waals surface area contributed by atoms with Gasteiger partial charge < -0.3 is 5.73 Å². The van der Waals surface area contributed by atoms with Crippen LogP contribution in [-0.4, -0.2) is 5.78 Å². The van der Waals surface area contributed by atoms with Crippen LogP contribution in [0.2, 0.25) is 0 Å². The van der Waals surface area contributed by atoms with Crippen molar-refractivity contribution in [1.82, 2.24) is 0 Å². The number of halogens is 1. The number of hydrogen-bond acceptors (Lipinski definition) is 5. The van der Waals surface area contributed by atoms with E-state index in [0.29, 0.717) is 29.8 Å². The molecule has 1 atom stereocenters. The summed E-state index contributed by atoms with van der Waals surface area (Å²) in [6.07, 6.45) is 1.14. The molecule has 0 spiro atoms. The number of nitriles is 1. The Labute approximate surface area is 250 Å². The Morgan fingerprint density at radius 3 is 2.40 bits per heavy atom. The van der Waals surface area contributed by atoms with Gasteiger partial charge in [-0.1, -0.05) is 60.1 Å². The Balaban J connectivity index is 1.66. The SMILES string of the molecule is Cc1cc(C)c(C2C(C#N)=C(N)N(c3ccc(Br)cc3)C3=C2C(=O)CC(C)(C)C3)cc1CSc1ccccc1C. The Hall–Kier alpha value is -3.27. The lowest BCUT2D eigenvalue weighted by atomic mass is 9.68. The lowest BCUT2D eigenvalue weighted by Gasteiger charge is -2.44. The number of aryl methyl sites for hydroxylation is 3. The zero-order valence-corrected chi connectivity index (χ0v) is 26.0. The molecule has 4 nitrogen and oxygen atoms in total. The van der Waals surface area contributed by atoms with Crippen molar-refractivity contribution in [3.63, 3.8) is 0 Å². The predicted molar refractivity (Wildman–Crippen MR) is 168 cm³/mol. The largest absolute Gasteiger partial charge is 0.384 e. The second-order valence-electron chi connectivity index (χ2n) is 11.6. The van der Waals surface area contributed by atoms with E-state index >= 15 is 0 Å². The molecule has 40 heavy (non-hydrogen) atoms. The topological polar surface area (TPSA) is 70.1 Å². The van der Waals surface area contributed by atoms with E-state index in [1.54, 1.807) is 0 Å².